The van der Waals surface area contributed by atoms with Crippen molar-refractivity contribution in [1.82, 2.24) is 10.2 Å². The van der Waals surface area contributed by atoms with E-state index in [1.807, 2.05) is 24.3 Å². The van der Waals surface area contributed by atoms with Gasteiger partial charge in [0, 0.05) is 11.1 Å². The van der Waals surface area contributed by atoms with Crippen LogP contribution >= 0.6 is 0 Å². The molecule has 1 unspecified atom stereocenters. The predicted molar refractivity (Wildman–Crippen MR) is 61.2 cm³/mol. The van der Waals surface area contributed by atoms with Crippen LogP contribution in [0.25, 0.3) is 10.9 Å². The smallest absolute Gasteiger partial charge is 0.306 e. The third-order valence-electron chi connectivity index (χ3n) is 2.79. The second-order valence-electron chi connectivity index (χ2n) is 4.00. The molecular formula is C12H14N2O2. The number of carboxylic acid groups (broad SMARTS) is 1. The Morgan fingerprint density at radius 3 is 3.00 bits per heavy atom. The van der Waals surface area contributed by atoms with Gasteiger partial charge in [0.25, 0.3) is 0 Å². The summed E-state index contributed by atoms with van der Waals surface area (Å²) in [5.74, 6) is -1.06. The third kappa shape index (κ3) is 2.05. The second-order valence-corrected chi connectivity index (χ2v) is 4.00. The molecule has 2 aromatic rings. The first-order valence-electron chi connectivity index (χ1n) is 5.33. The zero-order chi connectivity index (χ0) is 11.5. The van der Waals surface area contributed by atoms with Crippen LogP contribution in [0.3, 0.4) is 0 Å². The SMILES string of the molecule is CC(CCc1[nH]nc2ccccc12)C(=O)O. The predicted octanol–water partition coefficient (Wildman–Crippen LogP) is 2.22. The van der Waals surface area contributed by atoms with E-state index in [9.17, 15) is 4.79 Å². The van der Waals surface area contributed by atoms with Gasteiger partial charge in [-0.2, -0.15) is 5.10 Å². The molecular weight excluding hydrogens is 204 g/mol. The topological polar surface area (TPSA) is 66.0 Å². The summed E-state index contributed by atoms with van der Waals surface area (Å²) in [5.41, 5.74) is 1.95. The average molecular weight is 218 g/mol. The number of aromatic nitrogens is 2. The summed E-state index contributed by atoms with van der Waals surface area (Å²) in [6.07, 6.45) is 1.34. The molecule has 0 saturated heterocycles. The van der Waals surface area contributed by atoms with Crippen molar-refractivity contribution in [3.63, 3.8) is 0 Å². The van der Waals surface area contributed by atoms with E-state index < -0.39 is 5.97 Å². The third-order valence-corrected chi connectivity index (χ3v) is 2.79. The van der Waals surface area contributed by atoms with Crippen LogP contribution in [0.1, 0.15) is 19.0 Å². The van der Waals surface area contributed by atoms with E-state index in [0.717, 1.165) is 16.6 Å². The van der Waals surface area contributed by atoms with Crippen LogP contribution in [0.2, 0.25) is 0 Å². The number of rotatable bonds is 4. The highest BCUT2D eigenvalue weighted by molar-refractivity contribution is 5.81. The van der Waals surface area contributed by atoms with E-state index in [1.165, 1.54) is 0 Å². The molecule has 4 heteroatoms. The van der Waals surface area contributed by atoms with Crippen molar-refractivity contribution in [1.29, 1.82) is 0 Å². The number of fused-ring (bicyclic) bond motifs is 1. The van der Waals surface area contributed by atoms with Crippen molar-refractivity contribution in [2.45, 2.75) is 19.8 Å². The molecule has 0 radical (unpaired) electrons. The van der Waals surface area contributed by atoms with Crippen LogP contribution in [0.5, 0.6) is 0 Å². The van der Waals surface area contributed by atoms with Crippen LogP contribution in [0, 0.1) is 5.92 Å². The number of hydrogen-bond acceptors (Lipinski definition) is 2. The number of aromatic amines is 1. The van der Waals surface area contributed by atoms with Gasteiger partial charge in [0.2, 0.25) is 0 Å². The molecule has 2 rings (SSSR count). The molecule has 1 atom stereocenters. The van der Waals surface area contributed by atoms with Crippen LogP contribution in [0.15, 0.2) is 24.3 Å². The first kappa shape index (κ1) is 10.7. The summed E-state index contributed by atoms with van der Waals surface area (Å²) in [4.78, 5) is 10.7. The molecule has 0 amide bonds. The van der Waals surface area contributed by atoms with Crippen molar-refractivity contribution in [3.8, 4) is 0 Å². The molecule has 4 nitrogen and oxygen atoms in total. The normalized spacial score (nSPS) is 12.8. The van der Waals surface area contributed by atoms with Gasteiger partial charge >= 0.3 is 5.97 Å². The molecule has 2 N–H and O–H groups in total. The molecule has 1 heterocycles. The lowest BCUT2D eigenvalue weighted by atomic mass is 10.0. The molecule has 0 fully saturated rings. The van der Waals surface area contributed by atoms with Crippen LogP contribution in [0.4, 0.5) is 0 Å². The number of nitrogens with zero attached hydrogens (tertiary/aromatic N) is 1. The van der Waals surface area contributed by atoms with E-state index in [1.54, 1.807) is 6.92 Å². The number of carbonyl (C=O) groups is 1. The number of hydrogen-bond donors (Lipinski definition) is 2. The Labute approximate surface area is 93.3 Å². The van der Waals surface area contributed by atoms with E-state index in [4.69, 9.17) is 5.11 Å². The average Bonchev–Trinajstić information content (AvgIpc) is 2.69. The Bertz CT molecular complexity index is 504. The van der Waals surface area contributed by atoms with E-state index in [-0.39, 0.29) is 5.92 Å². The Morgan fingerprint density at radius 1 is 1.50 bits per heavy atom. The van der Waals surface area contributed by atoms with Gasteiger partial charge in [0.1, 0.15) is 0 Å². The van der Waals surface area contributed by atoms with Gasteiger partial charge in [-0.15, -0.1) is 0 Å². The molecule has 0 aliphatic carbocycles. The van der Waals surface area contributed by atoms with Crippen LogP contribution < -0.4 is 0 Å². The quantitative estimate of drug-likeness (QED) is 0.826. The summed E-state index contributed by atoms with van der Waals surface area (Å²) in [5, 5.41) is 17.0. The maximum absolute atomic E-state index is 10.7. The number of nitrogens with one attached hydrogen (secondary N) is 1. The van der Waals surface area contributed by atoms with E-state index in [0.29, 0.717) is 12.8 Å². The first-order valence-corrected chi connectivity index (χ1v) is 5.33. The number of para-hydroxylation sites is 1. The molecule has 84 valence electrons. The molecule has 0 saturated carbocycles. The van der Waals surface area contributed by atoms with Crippen molar-refractivity contribution in [2.75, 3.05) is 0 Å². The van der Waals surface area contributed by atoms with Gasteiger partial charge in [0.05, 0.1) is 11.4 Å². The van der Waals surface area contributed by atoms with E-state index >= 15 is 0 Å². The fourth-order valence-electron chi connectivity index (χ4n) is 1.69. The lowest BCUT2D eigenvalue weighted by Crippen LogP contribution is -2.10. The summed E-state index contributed by atoms with van der Waals surface area (Å²) in [6.45, 7) is 1.72. The summed E-state index contributed by atoms with van der Waals surface area (Å²) in [7, 11) is 0. The molecule has 1 aromatic carbocycles. The van der Waals surface area contributed by atoms with Gasteiger partial charge in [-0.25, -0.2) is 0 Å². The summed E-state index contributed by atoms with van der Waals surface area (Å²) < 4.78 is 0. The highest BCUT2D eigenvalue weighted by Crippen LogP contribution is 2.18. The number of carboxylic acids is 1. The Balaban J connectivity index is 2.13. The minimum absolute atomic E-state index is 0.318. The minimum atomic E-state index is -0.746. The monoisotopic (exact) mass is 218 g/mol. The molecule has 0 aliphatic heterocycles. The van der Waals surface area contributed by atoms with Crippen molar-refractivity contribution >= 4 is 16.9 Å². The molecule has 0 spiro atoms. The fraction of sp³-hybridized carbons (Fsp3) is 0.333. The van der Waals surface area contributed by atoms with Crippen LogP contribution in [-0.2, 0) is 11.2 Å². The lowest BCUT2D eigenvalue weighted by Gasteiger charge is -2.04. The van der Waals surface area contributed by atoms with Crippen molar-refractivity contribution in [2.24, 2.45) is 5.92 Å². The Morgan fingerprint density at radius 2 is 2.25 bits per heavy atom. The number of aryl methyl sites for hydroxylation is 1. The zero-order valence-electron chi connectivity index (χ0n) is 9.10. The molecule has 1 aromatic heterocycles. The lowest BCUT2D eigenvalue weighted by molar-refractivity contribution is -0.141. The summed E-state index contributed by atoms with van der Waals surface area (Å²) >= 11 is 0. The highest BCUT2D eigenvalue weighted by Gasteiger charge is 2.12. The Hall–Kier alpha value is -1.84. The van der Waals surface area contributed by atoms with Crippen molar-refractivity contribution in [3.05, 3.63) is 30.0 Å². The molecule has 0 bridgehead atoms. The zero-order valence-corrected chi connectivity index (χ0v) is 9.10. The highest BCUT2D eigenvalue weighted by atomic mass is 16.4. The first-order chi connectivity index (χ1) is 7.68. The van der Waals surface area contributed by atoms with Crippen LogP contribution in [-0.4, -0.2) is 21.3 Å². The molecule has 0 aliphatic rings. The second kappa shape index (κ2) is 4.35. The fourth-order valence-corrected chi connectivity index (χ4v) is 1.69. The molecule has 16 heavy (non-hydrogen) atoms. The van der Waals surface area contributed by atoms with Gasteiger partial charge in [0.15, 0.2) is 0 Å². The minimum Gasteiger partial charge on any atom is -0.481 e. The number of H-pyrrole nitrogens is 1. The van der Waals surface area contributed by atoms with Crippen molar-refractivity contribution < 1.29 is 9.90 Å². The Kier molecular flexibility index (Phi) is 2.90. The largest absolute Gasteiger partial charge is 0.481 e. The van der Waals surface area contributed by atoms with Gasteiger partial charge in [-0.3, -0.25) is 9.89 Å². The van der Waals surface area contributed by atoms with E-state index in [2.05, 4.69) is 10.2 Å². The number of benzene rings is 1. The van der Waals surface area contributed by atoms with Gasteiger partial charge in [-0.05, 0) is 18.9 Å². The maximum atomic E-state index is 10.7. The van der Waals surface area contributed by atoms with Gasteiger partial charge in [-0.1, -0.05) is 25.1 Å². The van der Waals surface area contributed by atoms with Gasteiger partial charge < -0.3 is 5.11 Å². The number of aliphatic carboxylic acids is 1. The summed E-state index contributed by atoms with van der Waals surface area (Å²) in [6, 6.07) is 7.84. The standard InChI is InChI=1S/C12H14N2O2/c1-8(12(15)16)6-7-11-9-4-2-3-5-10(9)13-14-11/h2-5,8H,6-7H2,1H3,(H,13,14)(H,15,16). The maximum Gasteiger partial charge on any atom is 0.306 e.